The lowest BCUT2D eigenvalue weighted by atomic mass is 9.68. The van der Waals surface area contributed by atoms with Crippen LogP contribution in [0.25, 0.3) is 0 Å². The van der Waals surface area contributed by atoms with E-state index in [9.17, 15) is 9.50 Å². The van der Waals surface area contributed by atoms with Crippen molar-refractivity contribution in [1.29, 1.82) is 0 Å². The molecule has 3 aromatic heterocycles. The molecule has 3 atom stereocenters. The number of thiazole rings is 1. The largest absolute Gasteiger partial charge is 0.384 e. The molecular formula is C18H17FN4OS. The van der Waals surface area contributed by atoms with Gasteiger partial charge in [-0.1, -0.05) is 0 Å². The van der Waals surface area contributed by atoms with E-state index in [1.807, 2.05) is 17.5 Å². The van der Waals surface area contributed by atoms with Crippen molar-refractivity contribution in [3.05, 3.63) is 76.5 Å². The van der Waals surface area contributed by atoms with Gasteiger partial charge in [-0.15, -0.1) is 11.3 Å². The summed E-state index contributed by atoms with van der Waals surface area (Å²) in [4.78, 5) is 12.1. The van der Waals surface area contributed by atoms with Crippen LogP contribution in [0.5, 0.6) is 0 Å². The van der Waals surface area contributed by atoms with Gasteiger partial charge in [0, 0.05) is 49.2 Å². The first-order valence-corrected chi connectivity index (χ1v) is 8.92. The van der Waals surface area contributed by atoms with Gasteiger partial charge in [0.25, 0.3) is 0 Å². The number of halogens is 1. The molecule has 0 saturated carbocycles. The minimum atomic E-state index is -1.22. The van der Waals surface area contributed by atoms with E-state index in [2.05, 4.69) is 20.3 Å². The lowest BCUT2D eigenvalue weighted by Crippen LogP contribution is -2.52. The summed E-state index contributed by atoms with van der Waals surface area (Å²) in [6.07, 6.45) is 6.50. The molecule has 1 fully saturated rings. The molecule has 3 unspecified atom stereocenters. The first kappa shape index (κ1) is 16.3. The topological polar surface area (TPSA) is 70.9 Å². The maximum Gasteiger partial charge on any atom is 0.213 e. The number of rotatable bonds is 3. The lowest BCUT2D eigenvalue weighted by molar-refractivity contribution is -0.0359. The molecule has 0 spiro atoms. The molecule has 7 heteroatoms. The Morgan fingerprint density at radius 1 is 1.08 bits per heavy atom. The van der Waals surface area contributed by atoms with Crippen LogP contribution in [0.1, 0.15) is 28.0 Å². The Bertz CT molecular complexity index is 845. The zero-order valence-corrected chi connectivity index (χ0v) is 14.2. The van der Waals surface area contributed by atoms with Crippen molar-refractivity contribution >= 4 is 11.3 Å². The molecule has 2 N–H and O–H groups in total. The molecule has 5 nitrogen and oxygen atoms in total. The zero-order chi connectivity index (χ0) is 17.3. The van der Waals surface area contributed by atoms with E-state index in [1.54, 1.807) is 24.7 Å². The number of nitrogens with one attached hydrogen (secondary N) is 1. The highest BCUT2D eigenvalue weighted by molar-refractivity contribution is 7.09. The fraction of sp³-hybridized carbons (Fsp3) is 0.278. The van der Waals surface area contributed by atoms with E-state index in [0.717, 1.165) is 10.6 Å². The Balaban J connectivity index is 1.87. The summed E-state index contributed by atoms with van der Waals surface area (Å²) in [7, 11) is 0. The Hall–Kier alpha value is -2.22. The maximum atomic E-state index is 13.7. The predicted octanol–water partition coefficient (Wildman–Crippen LogP) is 2.43. The van der Waals surface area contributed by atoms with Crippen molar-refractivity contribution in [3.8, 4) is 0 Å². The van der Waals surface area contributed by atoms with Gasteiger partial charge in [0.15, 0.2) is 0 Å². The number of piperidine rings is 1. The molecule has 25 heavy (non-hydrogen) atoms. The minimum Gasteiger partial charge on any atom is -0.384 e. The van der Waals surface area contributed by atoms with Crippen LogP contribution in [-0.2, 0) is 5.60 Å². The quantitative estimate of drug-likeness (QED) is 0.706. The molecule has 4 rings (SSSR count). The normalized spacial score (nSPS) is 26.5. The molecule has 128 valence electrons. The predicted molar refractivity (Wildman–Crippen MR) is 92.8 cm³/mol. The van der Waals surface area contributed by atoms with Crippen LogP contribution in [0.3, 0.4) is 0 Å². The average molecular weight is 356 g/mol. The minimum absolute atomic E-state index is 0.245. The van der Waals surface area contributed by atoms with E-state index in [-0.39, 0.29) is 11.8 Å². The van der Waals surface area contributed by atoms with Crippen LogP contribution >= 0.6 is 11.3 Å². The third-order valence-corrected chi connectivity index (χ3v) is 5.69. The number of hydrogen-bond acceptors (Lipinski definition) is 6. The molecule has 4 heterocycles. The Morgan fingerprint density at radius 2 is 1.88 bits per heavy atom. The van der Waals surface area contributed by atoms with Gasteiger partial charge in [0.1, 0.15) is 10.6 Å². The van der Waals surface area contributed by atoms with Gasteiger partial charge in [-0.3, -0.25) is 4.98 Å². The van der Waals surface area contributed by atoms with Crippen LogP contribution in [0.4, 0.5) is 4.39 Å². The summed E-state index contributed by atoms with van der Waals surface area (Å²) in [6, 6.07) is 6.78. The Kier molecular flexibility index (Phi) is 4.29. The SMILES string of the molecule is OC1(c2ccncc2)C(c2ccnc(F)c2)CNCC1c1nccs1. The monoisotopic (exact) mass is 356 g/mol. The fourth-order valence-electron chi connectivity index (χ4n) is 3.64. The van der Waals surface area contributed by atoms with Crippen molar-refractivity contribution in [3.63, 3.8) is 0 Å². The molecule has 3 aromatic rings. The van der Waals surface area contributed by atoms with Gasteiger partial charge in [-0.25, -0.2) is 9.97 Å². The Morgan fingerprint density at radius 3 is 2.60 bits per heavy atom. The average Bonchev–Trinajstić information content (AvgIpc) is 3.17. The van der Waals surface area contributed by atoms with Crippen LogP contribution in [-0.4, -0.2) is 33.1 Å². The number of hydrogen-bond donors (Lipinski definition) is 2. The van der Waals surface area contributed by atoms with Gasteiger partial charge < -0.3 is 10.4 Å². The lowest BCUT2D eigenvalue weighted by Gasteiger charge is -2.46. The van der Waals surface area contributed by atoms with Crippen molar-refractivity contribution in [2.75, 3.05) is 13.1 Å². The number of pyridine rings is 2. The van der Waals surface area contributed by atoms with E-state index < -0.39 is 11.5 Å². The van der Waals surface area contributed by atoms with Crippen molar-refractivity contribution in [2.45, 2.75) is 17.4 Å². The third kappa shape index (κ3) is 2.84. The van der Waals surface area contributed by atoms with Gasteiger partial charge in [0.2, 0.25) is 5.95 Å². The van der Waals surface area contributed by atoms with E-state index in [1.165, 1.54) is 23.6 Å². The standard InChI is InChI=1S/C18H17FN4OS/c19-16-9-12(1-6-22-16)14-10-21-11-15(17-23-7-8-25-17)18(14,24)13-2-4-20-5-3-13/h1-9,14-15,21,24H,10-11H2. The van der Waals surface area contributed by atoms with Crippen molar-refractivity contribution < 1.29 is 9.50 Å². The van der Waals surface area contributed by atoms with E-state index in [0.29, 0.717) is 18.7 Å². The molecule has 1 aliphatic rings. The summed E-state index contributed by atoms with van der Waals surface area (Å²) in [5.41, 5.74) is 0.242. The van der Waals surface area contributed by atoms with Crippen molar-refractivity contribution in [2.24, 2.45) is 0 Å². The number of aliphatic hydroxyl groups is 1. The summed E-state index contributed by atoms with van der Waals surface area (Å²) in [5, 5.41) is 18.1. The molecule has 0 bridgehead atoms. The summed E-state index contributed by atoms with van der Waals surface area (Å²) >= 11 is 1.51. The van der Waals surface area contributed by atoms with Crippen LogP contribution < -0.4 is 5.32 Å². The molecule has 0 amide bonds. The second kappa shape index (κ2) is 6.59. The first-order valence-electron chi connectivity index (χ1n) is 8.04. The first-order chi connectivity index (χ1) is 12.2. The summed E-state index contributed by atoms with van der Waals surface area (Å²) in [6.45, 7) is 1.13. The highest BCUT2D eigenvalue weighted by Gasteiger charge is 2.50. The number of nitrogens with zero attached hydrogens (tertiary/aromatic N) is 3. The van der Waals surface area contributed by atoms with Crippen LogP contribution in [0, 0.1) is 5.95 Å². The van der Waals surface area contributed by atoms with Gasteiger partial charge >= 0.3 is 0 Å². The molecular weight excluding hydrogens is 339 g/mol. The maximum absolute atomic E-state index is 13.7. The van der Waals surface area contributed by atoms with Gasteiger partial charge in [-0.2, -0.15) is 4.39 Å². The molecule has 0 radical (unpaired) electrons. The highest BCUT2D eigenvalue weighted by atomic mass is 32.1. The molecule has 0 aromatic carbocycles. The summed E-state index contributed by atoms with van der Waals surface area (Å²) < 4.78 is 13.7. The second-order valence-electron chi connectivity index (χ2n) is 6.11. The number of aromatic nitrogens is 3. The molecule has 1 saturated heterocycles. The fourth-order valence-corrected chi connectivity index (χ4v) is 4.45. The second-order valence-corrected chi connectivity index (χ2v) is 7.03. The highest BCUT2D eigenvalue weighted by Crippen LogP contribution is 2.49. The molecule has 0 aliphatic carbocycles. The van der Waals surface area contributed by atoms with E-state index >= 15 is 0 Å². The van der Waals surface area contributed by atoms with Crippen molar-refractivity contribution in [1.82, 2.24) is 20.3 Å². The Labute approximate surface area is 148 Å². The van der Waals surface area contributed by atoms with Gasteiger partial charge in [-0.05, 0) is 35.4 Å². The smallest absolute Gasteiger partial charge is 0.213 e. The summed E-state index contributed by atoms with van der Waals surface area (Å²) in [5.74, 6) is -1.13. The van der Waals surface area contributed by atoms with Crippen LogP contribution in [0.2, 0.25) is 0 Å². The van der Waals surface area contributed by atoms with E-state index in [4.69, 9.17) is 0 Å². The zero-order valence-electron chi connectivity index (χ0n) is 13.3. The molecule has 1 aliphatic heterocycles. The van der Waals surface area contributed by atoms with Crippen LogP contribution in [0.15, 0.2) is 54.4 Å². The van der Waals surface area contributed by atoms with Gasteiger partial charge in [0.05, 0.1) is 5.92 Å². The third-order valence-electron chi connectivity index (χ3n) is 4.80.